The van der Waals surface area contributed by atoms with Crippen LogP contribution in [0.3, 0.4) is 0 Å². The van der Waals surface area contributed by atoms with Gasteiger partial charge < -0.3 is 18.2 Å². The highest BCUT2D eigenvalue weighted by molar-refractivity contribution is 6.10. The van der Waals surface area contributed by atoms with Gasteiger partial charge >= 0.3 is 0 Å². The van der Waals surface area contributed by atoms with Crippen LogP contribution in [0.15, 0.2) is 213 Å². The van der Waals surface area contributed by atoms with E-state index in [9.17, 15) is 0 Å². The highest BCUT2D eigenvalue weighted by atomic mass is 16.3. The summed E-state index contributed by atoms with van der Waals surface area (Å²) >= 11 is 0. The maximum atomic E-state index is 6.42. The second-order valence-electron chi connectivity index (χ2n) is 14.9. The predicted octanol–water partition coefficient (Wildman–Crippen LogP) is 15.9. The van der Waals surface area contributed by atoms with Gasteiger partial charge in [-0.05, 0) is 107 Å². The highest BCUT2D eigenvalue weighted by Gasteiger charge is 2.17. The van der Waals surface area contributed by atoms with E-state index >= 15 is 0 Å². The molecule has 0 atom stereocenters. The first kappa shape index (κ1) is 32.4. The summed E-state index contributed by atoms with van der Waals surface area (Å²) in [4.78, 5) is 2.33. The van der Waals surface area contributed by atoms with E-state index in [0.29, 0.717) is 0 Å². The maximum absolute atomic E-state index is 6.42. The minimum Gasteiger partial charge on any atom is -0.456 e. The van der Waals surface area contributed by atoms with Crippen molar-refractivity contribution in [2.24, 2.45) is 0 Å². The van der Waals surface area contributed by atoms with E-state index in [1.807, 2.05) is 36.4 Å². The van der Waals surface area contributed by atoms with Crippen molar-refractivity contribution in [1.82, 2.24) is 0 Å². The Morgan fingerprint density at radius 3 is 1.33 bits per heavy atom. The molecule has 3 heterocycles. The summed E-state index contributed by atoms with van der Waals surface area (Å²) in [6.07, 6.45) is 0. The van der Waals surface area contributed by atoms with Gasteiger partial charge in [0, 0.05) is 54.9 Å². The summed E-state index contributed by atoms with van der Waals surface area (Å²) in [5, 5.41) is 6.73. The molecule has 12 aromatic rings. The van der Waals surface area contributed by atoms with E-state index in [2.05, 4.69) is 169 Å². The molecule has 58 heavy (non-hydrogen) atoms. The van der Waals surface area contributed by atoms with Crippen LogP contribution in [0.25, 0.3) is 99.2 Å². The van der Waals surface area contributed by atoms with Gasteiger partial charge in [0.2, 0.25) is 0 Å². The molecule has 0 saturated heterocycles. The van der Waals surface area contributed by atoms with Crippen LogP contribution < -0.4 is 4.90 Å². The SMILES string of the molecule is c1cc(-c2ccc3oc4ccccc4c3c2)cc(N(c2ccc(-c3ccc4oc5ccccc5c4c3)cc2)c2ccc(-c3cccc4c3oc3ccccc34)cc2)c1. The van der Waals surface area contributed by atoms with Gasteiger partial charge in [0.15, 0.2) is 0 Å². The molecule has 12 rings (SSSR count). The van der Waals surface area contributed by atoms with Crippen LogP contribution in [-0.4, -0.2) is 0 Å². The Morgan fingerprint density at radius 1 is 0.259 bits per heavy atom. The molecule has 0 aliphatic carbocycles. The van der Waals surface area contributed by atoms with E-state index in [1.165, 1.54) is 0 Å². The van der Waals surface area contributed by atoms with Gasteiger partial charge in [-0.1, -0.05) is 121 Å². The van der Waals surface area contributed by atoms with Gasteiger partial charge in [0.1, 0.15) is 33.5 Å². The Bertz CT molecular complexity index is 3510. The van der Waals surface area contributed by atoms with Crippen LogP contribution in [0.2, 0.25) is 0 Å². The molecule has 4 nitrogen and oxygen atoms in total. The Morgan fingerprint density at radius 2 is 0.707 bits per heavy atom. The van der Waals surface area contributed by atoms with Crippen LogP contribution in [0.5, 0.6) is 0 Å². The first-order chi connectivity index (χ1) is 28.7. The van der Waals surface area contributed by atoms with Crippen LogP contribution in [0.4, 0.5) is 17.1 Å². The molecular weight excluding hydrogens is 711 g/mol. The third-order valence-corrected chi connectivity index (χ3v) is 11.5. The van der Waals surface area contributed by atoms with Gasteiger partial charge in [0.25, 0.3) is 0 Å². The van der Waals surface area contributed by atoms with Crippen molar-refractivity contribution in [2.45, 2.75) is 0 Å². The molecule has 0 radical (unpaired) electrons. The largest absolute Gasteiger partial charge is 0.456 e. The second-order valence-corrected chi connectivity index (χ2v) is 14.9. The number of benzene rings is 9. The van der Waals surface area contributed by atoms with E-state index in [-0.39, 0.29) is 0 Å². The minimum absolute atomic E-state index is 0.890. The number of hydrogen-bond acceptors (Lipinski definition) is 4. The third kappa shape index (κ3) is 5.23. The van der Waals surface area contributed by atoms with Crippen molar-refractivity contribution in [2.75, 3.05) is 4.90 Å². The molecule has 0 N–H and O–H groups in total. The lowest BCUT2D eigenvalue weighted by Crippen LogP contribution is -2.10. The van der Waals surface area contributed by atoms with Gasteiger partial charge in [-0.25, -0.2) is 0 Å². The third-order valence-electron chi connectivity index (χ3n) is 11.5. The van der Waals surface area contributed by atoms with Crippen LogP contribution in [0.1, 0.15) is 0 Å². The summed E-state index contributed by atoms with van der Waals surface area (Å²) in [7, 11) is 0. The lowest BCUT2D eigenvalue weighted by molar-refractivity contribution is 0.668. The molecule has 0 amide bonds. The summed E-state index contributed by atoms with van der Waals surface area (Å²) in [6, 6.07) is 70.5. The smallest absolute Gasteiger partial charge is 0.143 e. The Kier molecular flexibility index (Phi) is 7.20. The molecule has 9 aromatic carbocycles. The molecule has 0 fully saturated rings. The molecule has 0 aliphatic heterocycles. The molecule has 0 bridgehead atoms. The summed E-state index contributed by atoms with van der Waals surface area (Å²) < 4.78 is 18.7. The number of rotatable bonds is 6. The number of furan rings is 3. The lowest BCUT2D eigenvalue weighted by atomic mass is 10.00. The van der Waals surface area contributed by atoms with Gasteiger partial charge in [-0.2, -0.15) is 0 Å². The molecule has 3 aromatic heterocycles. The number of hydrogen-bond donors (Lipinski definition) is 0. The number of anilines is 3. The van der Waals surface area contributed by atoms with Gasteiger partial charge in [-0.3, -0.25) is 0 Å². The summed E-state index contributed by atoms with van der Waals surface area (Å²) in [5.41, 5.74) is 15.3. The van der Waals surface area contributed by atoms with E-state index in [1.54, 1.807) is 0 Å². The predicted molar refractivity (Wildman–Crippen MR) is 239 cm³/mol. The summed E-state index contributed by atoms with van der Waals surface area (Å²) in [5.74, 6) is 0. The second kappa shape index (κ2) is 12.9. The minimum atomic E-state index is 0.890. The molecular formula is C54H33NO3. The Labute approximate surface area is 333 Å². The topological polar surface area (TPSA) is 42.7 Å². The molecule has 0 saturated carbocycles. The van der Waals surface area contributed by atoms with Crippen LogP contribution >= 0.6 is 0 Å². The first-order valence-corrected chi connectivity index (χ1v) is 19.6. The van der Waals surface area contributed by atoms with Crippen molar-refractivity contribution in [3.8, 4) is 33.4 Å². The monoisotopic (exact) mass is 743 g/mol. The maximum Gasteiger partial charge on any atom is 0.143 e. The van der Waals surface area contributed by atoms with E-state index in [0.717, 1.165) is 116 Å². The fourth-order valence-corrected chi connectivity index (χ4v) is 8.65. The molecule has 0 spiro atoms. The zero-order valence-electron chi connectivity index (χ0n) is 31.2. The first-order valence-electron chi connectivity index (χ1n) is 19.6. The fourth-order valence-electron chi connectivity index (χ4n) is 8.65. The number of para-hydroxylation sites is 4. The molecule has 272 valence electrons. The normalized spacial score (nSPS) is 11.8. The quantitative estimate of drug-likeness (QED) is 0.170. The van der Waals surface area contributed by atoms with Crippen molar-refractivity contribution in [3.05, 3.63) is 200 Å². The molecule has 0 aliphatic rings. The lowest BCUT2D eigenvalue weighted by Gasteiger charge is -2.26. The van der Waals surface area contributed by atoms with Crippen molar-refractivity contribution in [1.29, 1.82) is 0 Å². The summed E-state index contributed by atoms with van der Waals surface area (Å²) in [6.45, 7) is 0. The standard InChI is InChI=1S/C54H33NO3/c1-6-18-51-43(11-1)46-15-8-14-42(54(46)58-51)35-21-27-40(28-22-35)55(39-25-19-34(20-26-39)37-23-29-52-47(32-37)44-12-2-4-16-49(44)56-52)41-10-7-9-36(31-41)38-24-30-53-48(33-38)45-13-3-5-17-50(45)57-53/h1-33H. The van der Waals surface area contributed by atoms with Crippen LogP contribution in [0, 0.1) is 0 Å². The number of fused-ring (bicyclic) bond motifs is 9. The fraction of sp³-hybridized carbons (Fsp3) is 0. The van der Waals surface area contributed by atoms with E-state index in [4.69, 9.17) is 13.3 Å². The van der Waals surface area contributed by atoms with Crippen LogP contribution in [-0.2, 0) is 0 Å². The average Bonchev–Trinajstić information content (AvgIpc) is 3.98. The van der Waals surface area contributed by atoms with Crippen molar-refractivity contribution < 1.29 is 13.3 Å². The van der Waals surface area contributed by atoms with Gasteiger partial charge in [0.05, 0.1) is 0 Å². The Hall–Kier alpha value is -7.82. The highest BCUT2D eigenvalue weighted by Crippen LogP contribution is 2.42. The molecule has 0 unspecified atom stereocenters. The van der Waals surface area contributed by atoms with E-state index < -0.39 is 0 Å². The van der Waals surface area contributed by atoms with Crippen molar-refractivity contribution >= 4 is 82.9 Å². The Balaban J connectivity index is 0.962. The zero-order valence-corrected chi connectivity index (χ0v) is 31.2. The average molecular weight is 744 g/mol. The zero-order chi connectivity index (χ0) is 38.2. The molecule has 4 heteroatoms. The van der Waals surface area contributed by atoms with Crippen molar-refractivity contribution in [3.63, 3.8) is 0 Å². The number of nitrogens with zero attached hydrogens (tertiary/aromatic N) is 1. The van der Waals surface area contributed by atoms with Gasteiger partial charge in [-0.15, -0.1) is 0 Å².